The minimum Gasteiger partial charge on any atom is -0.488 e. The molecule has 0 fully saturated rings. The molecule has 1 rings (SSSR count). The Bertz CT molecular complexity index is 490. The Morgan fingerprint density at radius 1 is 1.45 bits per heavy atom. The molecule has 0 saturated heterocycles. The van der Waals surface area contributed by atoms with Crippen molar-refractivity contribution in [1.82, 2.24) is 10.3 Å². The SMILES string of the molecule is CC(C)(C)C(CCO)NC(=O)c1cc(OCC(F)F)ccn1. The van der Waals surface area contributed by atoms with Crippen LogP contribution in [0, 0.1) is 5.41 Å². The summed E-state index contributed by atoms with van der Waals surface area (Å²) in [5.41, 5.74) is -0.152. The Labute approximate surface area is 128 Å². The van der Waals surface area contributed by atoms with E-state index in [9.17, 15) is 13.6 Å². The molecule has 0 aromatic carbocycles. The molecule has 1 aromatic rings. The average molecular weight is 316 g/mol. The third-order valence-corrected chi connectivity index (χ3v) is 3.11. The molecule has 1 atom stereocenters. The van der Waals surface area contributed by atoms with E-state index in [0.717, 1.165) is 0 Å². The van der Waals surface area contributed by atoms with Gasteiger partial charge in [0.1, 0.15) is 18.1 Å². The van der Waals surface area contributed by atoms with Crippen LogP contribution in [0.4, 0.5) is 8.78 Å². The Morgan fingerprint density at radius 2 is 2.14 bits per heavy atom. The highest BCUT2D eigenvalue weighted by Crippen LogP contribution is 2.22. The predicted octanol–water partition coefficient (Wildman–Crippen LogP) is 2.25. The number of nitrogens with zero attached hydrogens (tertiary/aromatic N) is 1. The number of halogens is 2. The van der Waals surface area contributed by atoms with Crippen molar-refractivity contribution in [2.24, 2.45) is 5.41 Å². The topological polar surface area (TPSA) is 71.5 Å². The van der Waals surface area contributed by atoms with Crippen molar-refractivity contribution in [2.45, 2.75) is 39.7 Å². The van der Waals surface area contributed by atoms with Crippen molar-refractivity contribution in [3.8, 4) is 5.75 Å². The molecule has 0 radical (unpaired) electrons. The molecule has 1 heterocycles. The van der Waals surface area contributed by atoms with Gasteiger partial charge in [0.15, 0.2) is 0 Å². The first-order valence-corrected chi connectivity index (χ1v) is 7.02. The lowest BCUT2D eigenvalue weighted by Crippen LogP contribution is -2.44. The number of aliphatic hydroxyl groups is 1. The standard InChI is InChI=1S/C15H22F2N2O3/c1-15(2,3)12(5-7-20)19-14(21)11-8-10(4-6-18-11)22-9-13(16)17/h4,6,8,12-13,20H,5,7,9H2,1-3H3,(H,19,21). The number of ether oxygens (including phenoxy) is 1. The Kier molecular flexibility index (Phi) is 6.67. The van der Waals surface area contributed by atoms with Gasteiger partial charge in [-0.1, -0.05) is 20.8 Å². The van der Waals surface area contributed by atoms with Crippen LogP contribution in [0.5, 0.6) is 5.75 Å². The van der Waals surface area contributed by atoms with Gasteiger partial charge in [-0.15, -0.1) is 0 Å². The summed E-state index contributed by atoms with van der Waals surface area (Å²) in [6.45, 7) is 5.06. The number of aliphatic hydroxyl groups excluding tert-OH is 1. The van der Waals surface area contributed by atoms with E-state index in [2.05, 4.69) is 10.3 Å². The fourth-order valence-corrected chi connectivity index (χ4v) is 1.87. The van der Waals surface area contributed by atoms with Gasteiger partial charge in [0.2, 0.25) is 0 Å². The van der Waals surface area contributed by atoms with E-state index in [4.69, 9.17) is 9.84 Å². The molecular weight excluding hydrogens is 294 g/mol. The van der Waals surface area contributed by atoms with Crippen LogP contribution in [-0.2, 0) is 0 Å². The number of carbonyl (C=O) groups excluding carboxylic acids is 1. The summed E-state index contributed by atoms with van der Waals surface area (Å²) in [5.74, 6) is -0.272. The van der Waals surface area contributed by atoms with E-state index in [-0.39, 0.29) is 29.5 Å². The summed E-state index contributed by atoms with van der Waals surface area (Å²) in [7, 11) is 0. The number of alkyl halides is 2. The second-order valence-corrected chi connectivity index (χ2v) is 5.98. The Morgan fingerprint density at radius 3 is 2.68 bits per heavy atom. The fourth-order valence-electron chi connectivity index (χ4n) is 1.87. The van der Waals surface area contributed by atoms with E-state index in [1.54, 1.807) is 0 Å². The van der Waals surface area contributed by atoms with Crippen molar-refractivity contribution in [3.63, 3.8) is 0 Å². The van der Waals surface area contributed by atoms with Gasteiger partial charge in [0, 0.05) is 24.9 Å². The van der Waals surface area contributed by atoms with Gasteiger partial charge in [-0.2, -0.15) is 0 Å². The van der Waals surface area contributed by atoms with Gasteiger partial charge >= 0.3 is 0 Å². The molecule has 5 nitrogen and oxygen atoms in total. The summed E-state index contributed by atoms with van der Waals surface area (Å²) in [6, 6.07) is 2.49. The highest BCUT2D eigenvalue weighted by molar-refractivity contribution is 5.92. The largest absolute Gasteiger partial charge is 0.488 e. The maximum atomic E-state index is 12.2. The van der Waals surface area contributed by atoms with Crippen LogP contribution in [0.1, 0.15) is 37.7 Å². The van der Waals surface area contributed by atoms with E-state index in [0.29, 0.717) is 6.42 Å². The molecule has 124 valence electrons. The van der Waals surface area contributed by atoms with Crippen LogP contribution in [0.15, 0.2) is 18.3 Å². The monoisotopic (exact) mass is 316 g/mol. The molecule has 0 bridgehead atoms. The quantitative estimate of drug-likeness (QED) is 0.809. The molecule has 2 N–H and O–H groups in total. The lowest BCUT2D eigenvalue weighted by Gasteiger charge is -2.31. The normalized spacial score (nSPS) is 13.0. The van der Waals surface area contributed by atoms with Gasteiger partial charge in [0.25, 0.3) is 12.3 Å². The zero-order chi connectivity index (χ0) is 16.8. The molecular formula is C15H22F2N2O3. The van der Waals surface area contributed by atoms with Crippen molar-refractivity contribution < 1.29 is 23.4 Å². The van der Waals surface area contributed by atoms with Crippen LogP contribution in [-0.4, -0.2) is 41.7 Å². The Balaban J connectivity index is 2.77. The first-order valence-electron chi connectivity index (χ1n) is 7.02. The maximum absolute atomic E-state index is 12.2. The van der Waals surface area contributed by atoms with Crippen LogP contribution >= 0.6 is 0 Å². The van der Waals surface area contributed by atoms with Gasteiger partial charge < -0.3 is 15.2 Å². The van der Waals surface area contributed by atoms with Crippen molar-refractivity contribution in [3.05, 3.63) is 24.0 Å². The van der Waals surface area contributed by atoms with Gasteiger partial charge in [-0.3, -0.25) is 9.78 Å². The lowest BCUT2D eigenvalue weighted by molar-refractivity contribution is 0.0815. The molecule has 1 aromatic heterocycles. The summed E-state index contributed by atoms with van der Waals surface area (Å²) >= 11 is 0. The number of aromatic nitrogens is 1. The van der Waals surface area contributed by atoms with E-state index < -0.39 is 18.9 Å². The summed E-state index contributed by atoms with van der Waals surface area (Å²) in [4.78, 5) is 16.1. The first-order chi connectivity index (χ1) is 10.2. The molecule has 0 aliphatic carbocycles. The maximum Gasteiger partial charge on any atom is 0.272 e. The van der Waals surface area contributed by atoms with Crippen LogP contribution < -0.4 is 10.1 Å². The van der Waals surface area contributed by atoms with Crippen LogP contribution in [0.25, 0.3) is 0 Å². The number of nitrogens with one attached hydrogen (secondary N) is 1. The van der Waals surface area contributed by atoms with Gasteiger partial charge in [0.05, 0.1) is 0 Å². The zero-order valence-corrected chi connectivity index (χ0v) is 13.0. The zero-order valence-electron chi connectivity index (χ0n) is 13.0. The highest BCUT2D eigenvalue weighted by atomic mass is 19.3. The van der Waals surface area contributed by atoms with Crippen molar-refractivity contribution in [2.75, 3.05) is 13.2 Å². The molecule has 1 unspecified atom stereocenters. The molecule has 1 amide bonds. The number of rotatable bonds is 7. The summed E-state index contributed by atoms with van der Waals surface area (Å²) < 4.78 is 29.1. The molecule has 0 aliphatic heterocycles. The predicted molar refractivity (Wildman–Crippen MR) is 78.1 cm³/mol. The van der Waals surface area contributed by atoms with Gasteiger partial charge in [-0.25, -0.2) is 8.78 Å². The number of amides is 1. The minimum absolute atomic E-state index is 0.0484. The molecule has 0 saturated carbocycles. The third-order valence-electron chi connectivity index (χ3n) is 3.11. The van der Waals surface area contributed by atoms with Crippen LogP contribution in [0.2, 0.25) is 0 Å². The number of hydrogen-bond donors (Lipinski definition) is 2. The molecule has 22 heavy (non-hydrogen) atoms. The van der Waals surface area contributed by atoms with Crippen molar-refractivity contribution >= 4 is 5.91 Å². The van der Waals surface area contributed by atoms with Crippen LogP contribution in [0.3, 0.4) is 0 Å². The third kappa shape index (κ3) is 5.93. The first kappa shape index (κ1) is 18.3. The number of carbonyl (C=O) groups is 1. The van der Waals surface area contributed by atoms with E-state index in [1.165, 1.54) is 18.3 Å². The van der Waals surface area contributed by atoms with Crippen molar-refractivity contribution in [1.29, 1.82) is 0 Å². The van der Waals surface area contributed by atoms with Gasteiger partial charge in [-0.05, 0) is 17.9 Å². The fraction of sp³-hybridized carbons (Fsp3) is 0.600. The van der Waals surface area contributed by atoms with E-state index in [1.807, 2.05) is 20.8 Å². The van der Waals surface area contributed by atoms with E-state index >= 15 is 0 Å². The molecule has 7 heteroatoms. The highest BCUT2D eigenvalue weighted by Gasteiger charge is 2.26. The minimum atomic E-state index is -2.58. The summed E-state index contributed by atoms with van der Waals surface area (Å²) in [5, 5.41) is 11.9. The molecule has 0 aliphatic rings. The second-order valence-electron chi connectivity index (χ2n) is 5.98. The summed E-state index contributed by atoms with van der Waals surface area (Å²) in [6.07, 6.45) is -0.842. The smallest absolute Gasteiger partial charge is 0.272 e. The number of hydrogen-bond acceptors (Lipinski definition) is 4. The number of pyridine rings is 1. The Hall–Kier alpha value is -1.76. The lowest BCUT2D eigenvalue weighted by atomic mass is 9.85. The molecule has 0 spiro atoms. The average Bonchev–Trinajstić information content (AvgIpc) is 2.44. The second kappa shape index (κ2) is 8.03.